The second kappa shape index (κ2) is 6.57. The Labute approximate surface area is 110 Å². The van der Waals surface area contributed by atoms with Gasteiger partial charge in [0, 0.05) is 25.7 Å². The fourth-order valence-electron chi connectivity index (χ4n) is 2.48. The van der Waals surface area contributed by atoms with Crippen LogP contribution in [0.15, 0.2) is 12.4 Å². The summed E-state index contributed by atoms with van der Waals surface area (Å²) in [6.07, 6.45) is 6.69. The average molecular weight is 248 g/mol. The first-order chi connectivity index (χ1) is 8.83. The smallest absolute Gasteiger partial charge is 0.134 e. The average Bonchev–Trinajstić information content (AvgIpc) is 2.45. The van der Waals surface area contributed by atoms with Crippen molar-refractivity contribution < 1.29 is 0 Å². The van der Waals surface area contributed by atoms with Gasteiger partial charge in [0.25, 0.3) is 0 Å². The van der Waals surface area contributed by atoms with Crippen molar-refractivity contribution in [3.05, 3.63) is 12.4 Å². The molecule has 1 aromatic rings. The predicted octanol–water partition coefficient (Wildman–Crippen LogP) is 2.92. The van der Waals surface area contributed by atoms with Crippen LogP contribution in [0.5, 0.6) is 0 Å². The number of piperidine rings is 1. The van der Waals surface area contributed by atoms with Crippen LogP contribution < -0.4 is 10.2 Å². The van der Waals surface area contributed by atoms with Gasteiger partial charge in [-0.2, -0.15) is 0 Å². The van der Waals surface area contributed by atoms with E-state index < -0.39 is 0 Å². The molecule has 1 N–H and O–H groups in total. The number of hydrogen-bond acceptors (Lipinski definition) is 4. The monoisotopic (exact) mass is 248 g/mol. The minimum Gasteiger partial charge on any atom is -0.370 e. The van der Waals surface area contributed by atoms with E-state index in [-0.39, 0.29) is 0 Å². The normalized spacial score (nSPS) is 19.9. The SMILES string of the molecule is CCCNc1cc(N2CCCC(CC)C2)ncn1. The summed E-state index contributed by atoms with van der Waals surface area (Å²) >= 11 is 0. The topological polar surface area (TPSA) is 41.0 Å². The Hall–Kier alpha value is -1.32. The molecule has 0 radical (unpaired) electrons. The third kappa shape index (κ3) is 3.34. The number of aromatic nitrogens is 2. The summed E-state index contributed by atoms with van der Waals surface area (Å²) in [5, 5.41) is 3.32. The van der Waals surface area contributed by atoms with Crippen LogP contribution in [0, 0.1) is 5.92 Å². The predicted molar refractivity (Wildman–Crippen MR) is 76.0 cm³/mol. The van der Waals surface area contributed by atoms with Gasteiger partial charge >= 0.3 is 0 Å². The molecule has 4 heteroatoms. The van der Waals surface area contributed by atoms with Crippen molar-refractivity contribution in [2.75, 3.05) is 29.9 Å². The summed E-state index contributed by atoms with van der Waals surface area (Å²) in [6.45, 7) is 7.67. The molecule has 18 heavy (non-hydrogen) atoms. The van der Waals surface area contributed by atoms with Gasteiger partial charge < -0.3 is 10.2 Å². The zero-order valence-corrected chi connectivity index (χ0v) is 11.5. The van der Waals surface area contributed by atoms with E-state index in [9.17, 15) is 0 Å². The van der Waals surface area contributed by atoms with Crippen molar-refractivity contribution >= 4 is 11.6 Å². The molecule has 100 valence electrons. The summed E-state index contributed by atoms with van der Waals surface area (Å²) in [5.74, 6) is 2.84. The Balaban J connectivity index is 2.02. The minimum atomic E-state index is 0.820. The summed E-state index contributed by atoms with van der Waals surface area (Å²) in [6, 6.07) is 2.08. The van der Waals surface area contributed by atoms with Gasteiger partial charge in [-0.25, -0.2) is 9.97 Å². The molecule has 1 aromatic heterocycles. The molecule has 0 spiro atoms. The van der Waals surface area contributed by atoms with Gasteiger partial charge in [0.2, 0.25) is 0 Å². The van der Waals surface area contributed by atoms with Crippen LogP contribution in [0.1, 0.15) is 39.5 Å². The van der Waals surface area contributed by atoms with Crippen molar-refractivity contribution in [3.63, 3.8) is 0 Å². The number of hydrogen-bond donors (Lipinski definition) is 1. The first-order valence-corrected chi connectivity index (χ1v) is 7.14. The molecule has 1 aliphatic heterocycles. The van der Waals surface area contributed by atoms with Crippen LogP contribution in [0.25, 0.3) is 0 Å². The number of anilines is 2. The molecule has 1 unspecified atom stereocenters. The van der Waals surface area contributed by atoms with Gasteiger partial charge in [0.1, 0.15) is 18.0 Å². The molecule has 0 amide bonds. The summed E-state index contributed by atoms with van der Waals surface area (Å²) in [7, 11) is 0. The molecule has 2 rings (SSSR count). The number of nitrogens with one attached hydrogen (secondary N) is 1. The van der Waals surface area contributed by atoms with E-state index in [4.69, 9.17) is 0 Å². The second-order valence-electron chi connectivity index (χ2n) is 5.05. The fraction of sp³-hybridized carbons (Fsp3) is 0.714. The van der Waals surface area contributed by atoms with E-state index in [1.807, 2.05) is 0 Å². The molecule has 1 atom stereocenters. The van der Waals surface area contributed by atoms with Gasteiger partial charge in [-0.3, -0.25) is 0 Å². The molecule has 1 aliphatic rings. The minimum absolute atomic E-state index is 0.820. The molecule has 4 nitrogen and oxygen atoms in total. The van der Waals surface area contributed by atoms with Crippen molar-refractivity contribution in [2.45, 2.75) is 39.5 Å². The molecule has 0 aliphatic carbocycles. The largest absolute Gasteiger partial charge is 0.370 e. The zero-order chi connectivity index (χ0) is 12.8. The lowest BCUT2D eigenvalue weighted by atomic mass is 9.96. The lowest BCUT2D eigenvalue weighted by Gasteiger charge is -2.33. The van der Waals surface area contributed by atoms with E-state index in [0.29, 0.717) is 0 Å². The molecule has 1 fully saturated rings. The Morgan fingerprint density at radius 1 is 1.39 bits per heavy atom. The molecule has 0 saturated carbocycles. The van der Waals surface area contributed by atoms with Crippen LogP contribution in [0.4, 0.5) is 11.6 Å². The first kappa shape index (κ1) is 13.1. The molecule has 0 aromatic carbocycles. The molecule has 2 heterocycles. The fourth-order valence-corrected chi connectivity index (χ4v) is 2.48. The second-order valence-corrected chi connectivity index (χ2v) is 5.05. The molecule has 0 bridgehead atoms. The van der Waals surface area contributed by atoms with Gasteiger partial charge in [-0.05, 0) is 25.2 Å². The highest BCUT2D eigenvalue weighted by atomic mass is 15.2. The maximum absolute atomic E-state index is 4.41. The van der Waals surface area contributed by atoms with Crippen LogP contribution in [-0.4, -0.2) is 29.6 Å². The molecular weight excluding hydrogens is 224 g/mol. The highest BCUT2D eigenvalue weighted by Crippen LogP contribution is 2.24. The van der Waals surface area contributed by atoms with Gasteiger partial charge in [0.05, 0.1) is 0 Å². The van der Waals surface area contributed by atoms with Gasteiger partial charge in [-0.15, -0.1) is 0 Å². The van der Waals surface area contributed by atoms with Crippen molar-refractivity contribution in [1.29, 1.82) is 0 Å². The number of rotatable bonds is 5. The Morgan fingerprint density at radius 2 is 2.28 bits per heavy atom. The van der Waals surface area contributed by atoms with Crippen LogP contribution >= 0.6 is 0 Å². The van der Waals surface area contributed by atoms with E-state index in [1.54, 1.807) is 6.33 Å². The third-order valence-corrected chi connectivity index (χ3v) is 3.63. The maximum Gasteiger partial charge on any atom is 0.134 e. The highest BCUT2D eigenvalue weighted by Gasteiger charge is 2.19. The Kier molecular flexibility index (Phi) is 4.79. The van der Waals surface area contributed by atoms with Gasteiger partial charge in [0.15, 0.2) is 0 Å². The Morgan fingerprint density at radius 3 is 3.06 bits per heavy atom. The van der Waals surface area contributed by atoms with Crippen LogP contribution in [0.3, 0.4) is 0 Å². The quantitative estimate of drug-likeness (QED) is 0.870. The van der Waals surface area contributed by atoms with Crippen molar-refractivity contribution in [1.82, 2.24) is 9.97 Å². The summed E-state index contributed by atoms with van der Waals surface area (Å²) < 4.78 is 0. The maximum atomic E-state index is 4.41. The lowest BCUT2D eigenvalue weighted by Crippen LogP contribution is -2.35. The van der Waals surface area contributed by atoms with E-state index in [1.165, 1.54) is 19.3 Å². The Bertz CT molecular complexity index is 367. The van der Waals surface area contributed by atoms with Gasteiger partial charge in [-0.1, -0.05) is 20.3 Å². The summed E-state index contributed by atoms with van der Waals surface area (Å²) in [5.41, 5.74) is 0. The molecular formula is C14H24N4. The van der Waals surface area contributed by atoms with Crippen molar-refractivity contribution in [3.8, 4) is 0 Å². The zero-order valence-electron chi connectivity index (χ0n) is 11.5. The number of nitrogens with zero attached hydrogens (tertiary/aromatic N) is 3. The third-order valence-electron chi connectivity index (χ3n) is 3.63. The first-order valence-electron chi connectivity index (χ1n) is 7.14. The van der Waals surface area contributed by atoms with E-state index in [2.05, 4.69) is 40.1 Å². The standard InChI is InChI=1S/C14H24N4/c1-3-7-15-13-9-14(17-11-16-13)18-8-5-6-12(4-2)10-18/h9,11-12H,3-8,10H2,1-2H3,(H,15,16,17). The molecule has 1 saturated heterocycles. The highest BCUT2D eigenvalue weighted by molar-refractivity contribution is 5.48. The van der Waals surface area contributed by atoms with E-state index in [0.717, 1.165) is 43.6 Å². The van der Waals surface area contributed by atoms with Crippen LogP contribution in [0.2, 0.25) is 0 Å². The van der Waals surface area contributed by atoms with Crippen molar-refractivity contribution in [2.24, 2.45) is 5.92 Å². The lowest BCUT2D eigenvalue weighted by molar-refractivity contribution is 0.403. The van der Waals surface area contributed by atoms with Crippen LogP contribution in [-0.2, 0) is 0 Å². The van der Waals surface area contributed by atoms with E-state index >= 15 is 0 Å². The summed E-state index contributed by atoms with van der Waals surface area (Å²) in [4.78, 5) is 11.1.